The quantitative estimate of drug-likeness (QED) is 0.198. The van der Waals surface area contributed by atoms with Gasteiger partial charge in [-0.2, -0.15) is 0 Å². The lowest BCUT2D eigenvalue weighted by Crippen LogP contribution is -2.40. The predicted molar refractivity (Wildman–Crippen MR) is 149 cm³/mol. The van der Waals surface area contributed by atoms with Crippen LogP contribution < -0.4 is 10.6 Å². The lowest BCUT2D eigenvalue weighted by Gasteiger charge is -2.28. The van der Waals surface area contributed by atoms with Crippen molar-refractivity contribution >= 4 is 24.2 Å². The van der Waals surface area contributed by atoms with Gasteiger partial charge in [0.2, 0.25) is 0 Å². The van der Waals surface area contributed by atoms with Gasteiger partial charge in [-0.3, -0.25) is 9.69 Å². The number of rotatable bonds is 15. The molecule has 12 heteroatoms. The summed E-state index contributed by atoms with van der Waals surface area (Å²) in [6.07, 6.45) is 0.959. The summed E-state index contributed by atoms with van der Waals surface area (Å²) in [6, 6.07) is 0. The van der Waals surface area contributed by atoms with Crippen LogP contribution in [0.4, 0.5) is 14.4 Å². The second kappa shape index (κ2) is 17.0. The van der Waals surface area contributed by atoms with E-state index in [1.807, 2.05) is 4.90 Å². The van der Waals surface area contributed by atoms with E-state index in [-0.39, 0.29) is 6.54 Å². The molecule has 0 aromatic heterocycles. The van der Waals surface area contributed by atoms with E-state index in [1.165, 1.54) is 0 Å². The molecule has 0 aliphatic carbocycles. The Morgan fingerprint density at radius 2 is 1.00 bits per heavy atom. The first-order valence-electron chi connectivity index (χ1n) is 13.6. The molecule has 0 saturated carbocycles. The van der Waals surface area contributed by atoms with Crippen LogP contribution in [0.1, 0.15) is 88.0 Å². The van der Waals surface area contributed by atoms with Crippen LogP contribution in [0.5, 0.6) is 0 Å². The van der Waals surface area contributed by atoms with Crippen LogP contribution in [0, 0.1) is 0 Å². The lowest BCUT2D eigenvalue weighted by atomic mass is 10.2. The zero-order chi connectivity index (χ0) is 30.3. The third-order valence-electron chi connectivity index (χ3n) is 4.76. The number of aliphatic carboxylic acids is 1. The van der Waals surface area contributed by atoms with Crippen molar-refractivity contribution in [2.45, 2.75) is 105 Å². The number of carbonyl (C=O) groups excluding carboxylic acids is 3. The van der Waals surface area contributed by atoms with Crippen molar-refractivity contribution < 1.29 is 38.5 Å². The Morgan fingerprint density at radius 3 is 1.44 bits per heavy atom. The maximum Gasteiger partial charge on any atom is 0.410 e. The number of ether oxygens (including phenoxy) is 3. The van der Waals surface area contributed by atoms with Crippen LogP contribution in [-0.2, 0) is 19.0 Å². The van der Waals surface area contributed by atoms with Crippen molar-refractivity contribution in [2.75, 3.05) is 45.8 Å². The molecule has 0 fully saturated rings. The van der Waals surface area contributed by atoms with Gasteiger partial charge >= 0.3 is 24.2 Å². The molecular formula is C27H52N4O8. The minimum absolute atomic E-state index is 0.113. The van der Waals surface area contributed by atoms with Gasteiger partial charge in [-0.25, -0.2) is 14.4 Å². The third kappa shape index (κ3) is 22.9. The number of unbranched alkanes of at least 4 members (excludes halogenated alkanes) is 1. The van der Waals surface area contributed by atoms with Crippen LogP contribution >= 0.6 is 0 Å². The fraction of sp³-hybridized carbons (Fsp3) is 0.852. The van der Waals surface area contributed by atoms with E-state index in [9.17, 15) is 24.3 Å². The lowest BCUT2D eigenvalue weighted by molar-refractivity contribution is -0.138. The number of hydrogen-bond acceptors (Lipinski definition) is 8. The van der Waals surface area contributed by atoms with Gasteiger partial charge in [-0.1, -0.05) is 0 Å². The second-order valence-electron chi connectivity index (χ2n) is 12.4. The number of nitrogens with zero attached hydrogens (tertiary/aromatic N) is 2. The minimum atomic E-state index is -0.928. The van der Waals surface area contributed by atoms with Crippen molar-refractivity contribution in [3.05, 3.63) is 0 Å². The van der Waals surface area contributed by atoms with Gasteiger partial charge in [0.25, 0.3) is 0 Å². The van der Waals surface area contributed by atoms with Gasteiger partial charge < -0.3 is 34.9 Å². The molecule has 3 amide bonds. The molecule has 0 aliphatic rings. The van der Waals surface area contributed by atoms with Gasteiger partial charge in [0.15, 0.2) is 0 Å². The average Bonchev–Trinajstić information content (AvgIpc) is 2.71. The zero-order valence-corrected chi connectivity index (χ0v) is 25.5. The first kappa shape index (κ1) is 36.2. The van der Waals surface area contributed by atoms with Gasteiger partial charge in [-0.15, -0.1) is 0 Å². The van der Waals surface area contributed by atoms with Crippen molar-refractivity contribution in [1.29, 1.82) is 0 Å². The van der Waals surface area contributed by atoms with E-state index < -0.39 is 41.1 Å². The number of alkyl carbamates (subject to hydrolysis) is 2. The van der Waals surface area contributed by atoms with Gasteiger partial charge in [0, 0.05) is 32.7 Å². The summed E-state index contributed by atoms with van der Waals surface area (Å²) in [7, 11) is 0. The predicted octanol–water partition coefficient (Wildman–Crippen LogP) is 4.22. The van der Waals surface area contributed by atoms with Gasteiger partial charge in [0.1, 0.15) is 16.8 Å². The Morgan fingerprint density at radius 1 is 0.615 bits per heavy atom. The topological polar surface area (TPSA) is 147 Å². The van der Waals surface area contributed by atoms with Gasteiger partial charge in [-0.05, 0) is 94.5 Å². The number of carboxylic acids is 1. The Hall–Kier alpha value is -2.76. The van der Waals surface area contributed by atoms with Crippen LogP contribution in [0.3, 0.4) is 0 Å². The molecule has 0 unspecified atom stereocenters. The van der Waals surface area contributed by atoms with Crippen molar-refractivity contribution in [3.8, 4) is 0 Å². The summed E-state index contributed by atoms with van der Waals surface area (Å²) in [6.45, 7) is 18.6. The average molecular weight is 561 g/mol. The molecule has 3 N–H and O–H groups in total. The van der Waals surface area contributed by atoms with Crippen LogP contribution in [0.15, 0.2) is 0 Å². The molecule has 39 heavy (non-hydrogen) atoms. The van der Waals surface area contributed by atoms with Gasteiger partial charge in [0.05, 0.1) is 6.54 Å². The summed E-state index contributed by atoms with van der Waals surface area (Å²) in [5.41, 5.74) is -1.81. The Labute approximate surface area is 234 Å². The first-order chi connectivity index (χ1) is 17.8. The fourth-order valence-corrected chi connectivity index (χ4v) is 3.30. The number of nitrogens with one attached hydrogen (secondary N) is 2. The summed E-state index contributed by atoms with van der Waals surface area (Å²) < 4.78 is 16.0. The van der Waals surface area contributed by atoms with Crippen molar-refractivity contribution in [1.82, 2.24) is 20.4 Å². The number of hydrogen-bond donors (Lipinski definition) is 3. The van der Waals surface area contributed by atoms with E-state index in [0.717, 1.165) is 0 Å². The van der Waals surface area contributed by atoms with E-state index >= 15 is 0 Å². The number of carbonyl (C=O) groups is 4. The number of amides is 3. The molecule has 228 valence electrons. The first-order valence-corrected chi connectivity index (χ1v) is 13.6. The highest BCUT2D eigenvalue weighted by Crippen LogP contribution is 2.12. The highest BCUT2D eigenvalue weighted by atomic mass is 16.6. The summed E-state index contributed by atoms with van der Waals surface area (Å²) >= 11 is 0. The van der Waals surface area contributed by atoms with Crippen LogP contribution in [-0.4, -0.2) is 102 Å². The molecule has 0 spiro atoms. The van der Waals surface area contributed by atoms with E-state index in [0.29, 0.717) is 65.0 Å². The molecule has 0 saturated heterocycles. The maximum absolute atomic E-state index is 12.7. The van der Waals surface area contributed by atoms with E-state index in [2.05, 4.69) is 10.6 Å². The molecule has 0 radical (unpaired) electrons. The Balaban J connectivity index is 4.70. The Bertz CT molecular complexity index is 769. The second-order valence-corrected chi connectivity index (χ2v) is 12.4. The summed E-state index contributed by atoms with van der Waals surface area (Å²) in [5.74, 6) is -0.928. The van der Waals surface area contributed by atoms with E-state index in [1.54, 1.807) is 67.2 Å². The molecule has 0 heterocycles. The molecule has 0 rings (SSSR count). The van der Waals surface area contributed by atoms with Crippen LogP contribution in [0.25, 0.3) is 0 Å². The Kier molecular flexibility index (Phi) is 15.8. The molecule has 0 bridgehead atoms. The number of carboxylic acid groups (broad SMARTS) is 1. The molecule has 0 aliphatic heterocycles. The zero-order valence-electron chi connectivity index (χ0n) is 25.5. The summed E-state index contributed by atoms with van der Waals surface area (Å²) in [4.78, 5) is 51.1. The monoisotopic (exact) mass is 560 g/mol. The standard InChI is InChI=1S/C27H52N4O8/c1-25(2,3)37-22(34)28-14-12-17-30(20-21(32)33)16-10-11-18-31(24(36)39-27(7,8)9)19-13-15-29-23(35)38-26(4,5)6/h10-20H2,1-9H3,(H,28,34)(H,29,35)(H,32,33). The highest BCUT2D eigenvalue weighted by Gasteiger charge is 2.22. The maximum atomic E-state index is 12.7. The minimum Gasteiger partial charge on any atom is -0.480 e. The smallest absolute Gasteiger partial charge is 0.410 e. The van der Waals surface area contributed by atoms with Crippen molar-refractivity contribution in [3.63, 3.8) is 0 Å². The molecule has 0 aromatic rings. The fourth-order valence-electron chi connectivity index (χ4n) is 3.30. The molecule has 0 atom stereocenters. The molecular weight excluding hydrogens is 508 g/mol. The third-order valence-corrected chi connectivity index (χ3v) is 4.76. The summed E-state index contributed by atoms with van der Waals surface area (Å²) in [5, 5.41) is 14.6. The van der Waals surface area contributed by atoms with Crippen molar-refractivity contribution in [2.24, 2.45) is 0 Å². The van der Waals surface area contributed by atoms with E-state index in [4.69, 9.17) is 14.2 Å². The van der Waals surface area contributed by atoms with Crippen LogP contribution in [0.2, 0.25) is 0 Å². The normalized spacial score (nSPS) is 12.1. The molecule has 0 aromatic carbocycles. The largest absolute Gasteiger partial charge is 0.480 e. The molecule has 12 nitrogen and oxygen atoms in total. The SMILES string of the molecule is CC(C)(C)OC(=O)NCCCN(CCCCN(CCCNC(=O)OC(C)(C)C)C(=O)OC(C)(C)C)CC(=O)O. The highest BCUT2D eigenvalue weighted by molar-refractivity contribution is 5.69.